The van der Waals surface area contributed by atoms with E-state index in [0.29, 0.717) is 13.0 Å². The molecule has 0 unspecified atom stereocenters. The second-order valence-corrected chi connectivity index (χ2v) is 3.92. The lowest BCUT2D eigenvalue weighted by Crippen LogP contribution is -2.40. The summed E-state index contributed by atoms with van der Waals surface area (Å²) in [6, 6.07) is -0.508. The Hall–Kier alpha value is -1.10. The molecule has 5 heteroatoms. The molecule has 1 rings (SSSR count). The van der Waals surface area contributed by atoms with Gasteiger partial charge in [-0.2, -0.15) is 0 Å². The Kier molecular flexibility index (Phi) is 4.55. The zero-order valence-electron chi connectivity index (χ0n) is 9.16. The maximum absolute atomic E-state index is 11.5. The number of likely N-dealkylation sites (tertiary alicyclic amines) is 1. The third-order valence-corrected chi connectivity index (χ3v) is 2.51. The van der Waals surface area contributed by atoms with Gasteiger partial charge in [0, 0.05) is 26.1 Å². The summed E-state index contributed by atoms with van der Waals surface area (Å²) in [6.07, 6.45) is 2.56. The van der Waals surface area contributed by atoms with Gasteiger partial charge in [0.15, 0.2) is 0 Å². The molecule has 0 spiro atoms. The minimum absolute atomic E-state index is 0.123. The summed E-state index contributed by atoms with van der Waals surface area (Å²) in [5.41, 5.74) is 5.37. The molecular weight excluding hydrogens is 194 g/mol. The van der Waals surface area contributed by atoms with Crippen molar-refractivity contribution in [2.24, 2.45) is 5.73 Å². The van der Waals surface area contributed by atoms with E-state index in [1.165, 1.54) is 0 Å². The van der Waals surface area contributed by atoms with E-state index in [0.717, 1.165) is 25.9 Å². The SMILES string of the molecule is C[C@H](N)C(=O)NCCC(=O)N1CCCC1. The number of carbonyl (C=O) groups excluding carboxylic acids is 2. The first-order chi connectivity index (χ1) is 7.11. The minimum atomic E-state index is -0.508. The first-order valence-electron chi connectivity index (χ1n) is 5.42. The first-order valence-corrected chi connectivity index (χ1v) is 5.42. The van der Waals surface area contributed by atoms with Crippen molar-refractivity contribution >= 4 is 11.8 Å². The third kappa shape index (κ3) is 3.87. The van der Waals surface area contributed by atoms with E-state index >= 15 is 0 Å². The normalized spacial score (nSPS) is 17.6. The molecule has 5 nitrogen and oxygen atoms in total. The smallest absolute Gasteiger partial charge is 0.236 e. The van der Waals surface area contributed by atoms with Crippen molar-refractivity contribution in [2.75, 3.05) is 19.6 Å². The molecule has 15 heavy (non-hydrogen) atoms. The number of hydrogen-bond acceptors (Lipinski definition) is 3. The molecule has 1 aliphatic rings. The van der Waals surface area contributed by atoms with Crippen LogP contribution in [0.3, 0.4) is 0 Å². The molecule has 1 saturated heterocycles. The van der Waals surface area contributed by atoms with Gasteiger partial charge in [0.05, 0.1) is 6.04 Å². The molecule has 0 bridgehead atoms. The molecular formula is C10H19N3O2. The predicted octanol–water partition coefficient (Wildman–Crippen LogP) is -0.538. The van der Waals surface area contributed by atoms with E-state index in [1.54, 1.807) is 6.92 Å². The highest BCUT2D eigenvalue weighted by molar-refractivity contribution is 5.82. The lowest BCUT2D eigenvalue weighted by molar-refractivity contribution is -0.130. The Bertz CT molecular complexity index is 235. The Morgan fingerprint density at radius 1 is 1.40 bits per heavy atom. The minimum Gasteiger partial charge on any atom is -0.354 e. The van der Waals surface area contributed by atoms with Crippen LogP contribution in [0.2, 0.25) is 0 Å². The van der Waals surface area contributed by atoms with Crippen molar-refractivity contribution < 1.29 is 9.59 Å². The van der Waals surface area contributed by atoms with Gasteiger partial charge in [-0.15, -0.1) is 0 Å². The molecule has 2 amide bonds. The van der Waals surface area contributed by atoms with E-state index in [1.807, 2.05) is 4.90 Å². The average molecular weight is 213 g/mol. The fourth-order valence-electron chi connectivity index (χ4n) is 1.58. The summed E-state index contributed by atoms with van der Waals surface area (Å²) >= 11 is 0. The highest BCUT2D eigenvalue weighted by atomic mass is 16.2. The summed E-state index contributed by atoms with van der Waals surface area (Å²) in [5, 5.41) is 2.63. The Morgan fingerprint density at radius 2 is 2.00 bits per heavy atom. The van der Waals surface area contributed by atoms with E-state index in [4.69, 9.17) is 5.73 Å². The largest absolute Gasteiger partial charge is 0.354 e. The van der Waals surface area contributed by atoms with E-state index in [9.17, 15) is 9.59 Å². The van der Waals surface area contributed by atoms with Crippen LogP contribution in [-0.2, 0) is 9.59 Å². The van der Waals surface area contributed by atoms with Crippen LogP contribution in [0, 0.1) is 0 Å². The molecule has 3 N–H and O–H groups in total. The van der Waals surface area contributed by atoms with Gasteiger partial charge in [0.25, 0.3) is 0 Å². The van der Waals surface area contributed by atoms with Gasteiger partial charge in [-0.25, -0.2) is 0 Å². The Labute approximate surface area is 90.0 Å². The zero-order chi connectivity index (χ0) is 11.3. The van der Waals surface area contributed by atoms with Crippen molar-refractivity contribution in [1.29, 1.82) is 0 Å². The summed E-state index contributed by atoms with van der Waals surface area (Å²) in [6.45, 7) is 3.73. The molecule has 86 valence electrons. The molecule has 1 aliphatic heterocycles. The van der Waals surface area contributed by atoms with Crippen LogP contribution in [0.15, 0.2) is 0 Å². The zero-order valence-corrected chi connectivity index (χ0v) is 9.16. The van der Waals surface area contributed by atoms with E-state index < -0.39 is 6.04 Å². The number of nitrogens with zero attached hydrogens (tertiary/aromatic N) is 1. The number of nitrogens with two attached hydrogens (primary N) is 1. The third-order valence-electron chi connectivity index (χ3n) is 2.51. The number of rotatable bonds is 4. The Morgan fingerprint density at radius 3 is 2.53 bits per heavy atom. The van der Waals surface area contributed by atoms with Crippen molar-refractivity contribution in [3.8, 4) is 0 Å². The van der Waals surface area contributed by atoms with Crippen molar-refractivity contribution in [1.82, 2.24) is 10.2 Å². The summed E-state index contributed by atoms with van der Waals surface area (Å²) in [4.78, 5) is 24.5. The number of hydrogen-bond donors (Lipinski definition) is 2. The quantitative estimate of drug-likeness (QED) is 0.658. The van der Waals surface area contributed by atoms with Gasteiger partial charge >= 0.3 is 0 Å². The number of nitrogens with one attached hydrogen (secondary N) is 1. The molecule has 1 fully saturated rings. The molecule has 0 aromatic rings. The average Bonchev–Trinajstić information content (AvgIpc) is 2.70. The van der Waals surface area contributed by atoms with Crippen LogP contribution in [0.1, 0.15) is 26.2 Å². The van der Waals surface area contributed by atoms with Gasteiger partial charge in [0.1, 0.15) is 0 Å². The van der Waals surface area contributed by atoms with Gasteiger partial charge in [-0.05, 0) is 19.8 Å². The van der Waals surface area contributed by atoms with Crippen LogP contribution in [0.25, 0.3) is 0 Å². The van der Waals surface area contributed by atoms with Crippen LogP contribution >= 0.6 is 0 Å². The standard InChI is InChI=1S/C10H19N3O2/c1-8(11)10(15)12-5-4-9(14)13-6-2-3-7-13/h8H,2-7,11H2,1H3,(H,12,15)/t8-/m0/s1. The molecule has 0 aromatic carbocycles. The van der Waals surface area contributed by atoms with Gasteiger partial charge in [0.2, 0.25) is 11.8 Å². The molecule has 0 aliphatic carbocycles. The maximum atomic E-state index is 11.5. The topological polar surface area (TPSA) is 75.4 Å². The molecule has 0 saturated carbocycles. The molecule has 0 aromatic heterocycles. The van der Waals surface area contributed by atoms with Gasteiger partial charge in [-0.1, -0.05) is 0 Å². The number of carbonyl (C=O) groups is 2. The maximum Gasteiger partial charge on any atom is 0.236 e. The second-order valence-electron chi connectivity index (χ2n) is 3.92. The highest BCUT2D eigenvalue weighted by Crippen LogP contribution is 2.08. The summed E-state index contributed by atoms with van der Waals surface area (Å²) < 4.78 is 0. The lowest BCUT2D eigenvalue weighted by atomic mass is 10.3. The molecule has 1 heterocycles. The Balaban J connectivity index is 2.14. The van der Waals surface area contributed by atoms with Crippen LogP contribution in [0.4, 0.5) is 0 Å². The van der Waals surface area contributed by atoms with Crippen molar-refractivity contribution in [3.05, 3.63) is 0 Å². The number of amides is 2. The summed E-state index contributed by atoms with van der Waals surface area (Å²) in [7, 11) is 0. The van der Waals surface area contributed by atoms with Gasteiger partial charge < -0.3 is 16.0 Å². The first kappa shape index (κ1) is 12.0. The predicted molar refractivity (Wildman–Crippen MR) is 57.1 cm³/mol. The van der Waals surface area contributed by atoms with Crippen LogP contribution in [0.5, 0.6) is 0 Å². The molecule has 1 atom stereocenters. The van der Waals surface area contributed by atoms with E-state index in [2.05, 4.69) is 5.32 Å². The monoisotopic (exact) mass is 213 g/mol. The van der Waals surface area contributed by atoms with Crippen LogP contribution in [-0.4, -0.2) is 42.4 Å². The fraction of sp³-hybridized carbons (Fsp3) is 0.800. The van der Waals surface area contributed by atoms with Crippen molar-refractivity contribution in [3.63, 3.8) is 0 Å². The fourth-order valence-corrected chi connectivity index (χ4v) is 1.58. The van der Waals surface area contributed by atoms with E-state index in [-0.39, 0.29) is 11.8 Å². The van der Waals surface area contributed by atoms with Gasteiger partial charge in [-0.3, -0.25) is 9.59 Å². The van der Waals surface area contributed by atoms with Crippen LogP contribution < -0.4 is 11.1 Å². The molecule has 0 radical (unpaired) electrons. The summed E-state index contributed by atoms with van der Waals surface area (Å²) in [5.74, 6) is -0.0818. The second kappa shape index (κ2) is 5.70. The highest BCUT2D eigenvalue weighted by Gasteiger charge is 2.17. The lowest BCUT2D eigenvalue weighted by Gasteiger charge is -2.15. The van der Waals surface area contributed by atoms with Crippen molar-refractivity contribution in [2.45, 2.75) is 32.2 Å².